The lowest BCUT2D eigenvalue weighted by Crippen LogP contribution is -2.48. The lowest BCUT2D eigenvalue weighted by atomic mass is 9.93. The van der Waals surface area contributed by atoms with Crippen molar-refractivity contribution in [1.29, 1.82) is 0 Å². The van der Waals surface area contributed by atoms with Gasteiger partial charge in [-0.15, -0.1) is 0 Å². The third-order valence-electron chi connectivity index (χ3n) is 6.05. The van der Waals surface area contributed by atoms with Crippen molar-refractivity contribution in [2.75, 3.05) is 13.1 Å². The summed E-state index contributed by atoms with van der Waals surface area (Å²) in [5.41, 5.74) is 2.36. The van der Waals surface area contributed by atoms with Crippen LogP contribution in [0.5, 0.6) is 0 Å². The van der Waals surface area contributed by atoms with E-state index in [1.807, 2.05) is 30.3 Å². The number of carbonyl (C=O) groups is 3. The van der Waals surface area contributed by atoms with Crippen LogP contribution in [0.2, 0.25) is 0 Å². The molecule has 2 fully saturated rings. The van der Waals surface area contributed by atoms with E-state index in [0.717, 1.165) is 18.4 Å². The van der Waals surface area contributed by atoms with Gasteiger partial charge in [-0.25, -0.2) is 13.2 Å². The fraction of sp³-hybridized carbons (Fsp3) is 0.348. The average Bonchev–Trinajstić information content (AvgIpc) is 3.43. The number of nitrogens with zero attached hydrogens (tertiary/aromatic N) is 2. The molecular weight excluding hydrogens is 444 g/mol. The summed E-state index contributed by atoms with van der Waals surface area (Å²) in [6.45, 7) is 2.60. The number of hydrogen-bond acceptors (Lipinski definition) is 5. The molecule has 9 nitrogen and oxygen atoms in total. The number of nitrogens with one attached hydrogen (secondary N) is 2. The van der Waals surface area contributed by atoms with E-state index >= 15 is 0 Å². The van der Waals surface area contributed by atoms with Gasteiger partial charge in [0.1, 0.15) is 5.54 Å². The predicted molar refractivity (Wildman–Crippen MR) is 120 cm³/mol. The van der Waals surface area contributed by atoms with E-state index < -0.39 is 33.4 Å². The van der Waals surface area contributed by atoms with Crippen molar-refractivity contribution in [1.82, 2.24) is 20.1 Å². The summed E-state index contributed by atoms with van der Waals surface area (Å²) in [5, 5.41) is 3.34. The molecule has 0 bridgehead atoms. The Morgan fingerprint density at radius 1 is 1.03 bits per heavy atom. The number of imide groups is 1. The van der Waals surface area contributed by atoms with Gasteiger partial charge in [0.25, 0.3) is 11.8 Å². The second kappa shape index (κ2) is 8.95. The Kier molecular flexibility index (Phi) is 6.22. The molecule has 0 radical (unpaired) electrons. The third-order valence-corrected chi connectivity index (χ3v) is 7.96. The number of urea groups is 1. The van der Waals surface area contributed by atoms with Crippen LogP contribution >= 0.6 is 0 Å². The number of carbonyl (C=O) groups excluding carboxylic acids is 3. The number of hydrazine groups is 1. The van der Waals surface area contributed by atoms with Crippen LogP contribution in [0.1, 0.15) is 42.1 Å². The summed E-state index contributed by atoms with van der Waals surface area (Å²) in [7, 11) is -3.59. The van der Waals surface area contributed by atoms with Crippen molar-refractivity contribution in [3.05, 3.63) is 65.7 Å². The van der Waals surface area contributed by atoms with Crippen LogP contribution in [-0.4, -0.2) is 54.2 Å². The van der Waals surface area contributed by atoms with Crippen LogP contribution in [0.3, 0.4) is 0 Å². The highest BCUT2D eigenvalue weighted by molar-refractivity contribution is 7.89. The first-order chi connectivity index (χ1) is 15.7. The van der Waals surface area contributed by atoms with E-state index in [4.69, 9.17) is 0 Å². The summed E-state index contributed by atoms with van der Waals surface area (Å²) in [5.74, 6) is -1.24. The monoisotopic (exact) mass is 470 g/mol. The maximum absolute atomic E-state index is 12.9. The van der Waals surface area contributed by atoms with Crippen molar-refractivity contribution in [2.45, 2.75) is 43.0 Å². The Morgan fingerprint density at radius 2 is 1.67 bits per heavy atom. The third kappa shape index (κ3) is 4.62. The van der Waals surface area contributed by atoms with E-state index in [1.54, 1.807) is 6.92 Å². The molecule has 2 N–H and O–H groups in total. The van der Waals surface area contributed by atoms with Gasteiger partial charge >= 0.3 is 6.03 Å². The highest BCUT2D eigenvalue weighted by atomic mass is 32.2. The molecule has 4 rings (SSSR count). The van der Waals surface area contributed by atoms with Gasteiger partial charge in [0, 0.05) is 18.7 Å². The van der Waals surface area contributed by atoms with Crippen molar-refractivity contribution < 1.29 is 22.8 Å². The first kappa shape index (κ1) is 22.9. The average molecular weight is 471 g/mol. The Bertz CT molecular complexity index is 1160. The summed E-state index contributed by atoms with van der Waals surface area (Å²) in [6, 6.07) is 14.3. The van der Waals surface area contributed by atoms with Crippen LogP contribution in [-0.2, 0) is 21.2 Å². The molecule has 174 valence electrons. The van der Waals surface area contributed by atoms with Gasteiger partial charge in [-0.3, -0.25) is 15.0 Å². The number of rotatable bonds is 7. The van der Waals surface area contributed by atoms with E-state index in [2.05, 4.69) is 10.7 Å². The van der Waals surface area contributed by atoms with Crippen LogP contribution in [0.25, 0.3) is 0 Å². The summed E-state index contributed by atoms with van der Waals surface area (Å²) >= 11 is 0. The smallest absolute Gasteiger partial charge is 0.322 e. The van der Waals surface area contributed by atoms with Crippen molar-refractivity contribution in [2.24, 2.45) is 0 Å². The molecule has 2 saturated heterocycles. The molecule has 33 heavy (non-hydrogen) atoms. The standard InChI is InChI=1S/C23H26N4O5S/c1-23(14-13-17-7-3-2-4-8-17)21(29)27(22(30)24-23)25-20(28)18-9-11-19(12-10-18)33(31,32)26-15-5-6-16-26/h2-4,7-12H,5-6,13-16H2,1H3,(H,24,30)(H,25,28). The zero-order valence-corrected chi connectivity index (χ0v) is 19.1. The number of hydrogen-bond donors (Lipinski definition) is 2. The van der Waals surface area contributed by atoms with Gasteiger partial charge < -0.3 is 5.32 Å². The molecule has 0 spiro atoms. The summed E-state index contributed by atoms with van der Waals surface area (Å²) in [4.78, 5) is 38.1. The minimum absolute atomic E-state index is 0.101. The second-order valence-electron chi connectivity index (χ2n) is 8.46. The molecule has 0 aromatic heterocycles. The quantitative estimate of drug-likeness (QED) is 0.601. The van der Waals surface area contributed by atoms with Gasteiger partial charge in [0.2, 0.25) is 10.0 Å². The highest BCUT2D eigenvalue weighted by Crippen LogP contribution is 2.23. The fourth-order valence-electron chi connectivity index (χ4n) is 4.02. The van der Waals surface area contributed by atoms with Crippen LogP contribution in [0.15, 0.2) is 59.5 Å². The molecule has 0 saturated carbocycles. The van der Waals surface area contributed by atoms with Gasteiger partial charge in [0.15, 0.2) is 0 Å². The maximum Gasteiger partial charge on any atom is 0.344 e. The molecule has 2 aliphatic rings. The molecule has 2 aromatic carbocycles. The normalized spacial score (nSPS) is 21.3. The van der Waals surface area contributed by atoms with Gasteiger partial charge in [0.05, 0.1) is 4.90 Å². The maximum atomic E-state index is 12.9. The van der Waals surface area contributed by atoms with E-state index in [9.17, 15) is 22.8 Å². The first-order valence-corrected chi connectivity index (χ1v) is 12.3. The van der Waals surface area contributed by atoms with E-state index in [-0.39, 0.29) is 10.5 Å². The molecule has 0 aliphatic carbocycles. The lowest BCUT2D eigenvalue weighted by molar-refractivity contribution is -0.132. The van der Waals surface area contributed by atoms with Gasteiger partial charge in [-0.05, 0) is 62.4 Å². The molecule has 2 heterocycles. The van der Waals surface area contributed by atoms with Crippen LogP contribution in [0.4, 0.5) is 4.79 Å². The number of aryl methyl sites for hydroxylation is 1. The largest absolute Gasteiger partial charge is 0.344 e. The first-order valence-electron chi connectivity index (χ1n) is 10.8. The topological polar surface area (TPSA) is 116 Å². The number of amides is 4. The minimum Gasteiger partial charge on any atom is -0.322 e. The Balaban J connectivity index is 1.41. The molecule has 10 heteroatoms. The van der Waals surface area contributed by atoms with Crippen molar-refractivity contribution in [3.63, 3.8) is 0 Å². The van der Waals surface area contributed by atoms with Crippen molar-refractivity contribution in [3.8, 4) is 0 Å². The highest BCUT2D eigenvalue weighted by Gasteiger charge is 2.48. The lowest BCUT2D eigenvalue weighted by Gasteiger charge is -2.21. The molecule has 2 aromatic rings. The second-order valence-corrected chi connectivity index (χ2v) is 10.4. The van der Waals surface area contributed by atoms with Crippen molar-refractivity contribution >= 4 is 27.9 Å². The summed E-state index contributed by atoms with van der Waals surface area (Å²) in [6.07, 6.45) is 2.61. The Morgan fingerprint density at radius 3 is 2.30 bits per heavy atom. The van der Waals surface area contributed by atoms with E-state index in [1.165, 1.54) is 28.6 Å². The van der Waals surface area contributed by atoms with Crippen LogP contribution < -0.4 is 10.7 Å². The summed E-state index contributed by atoms with van der Waals surface area (Å²) < 4.78 is 26.7. The predicted octanol–water partition coefficient (Wildman–Crippen LogP) is 2.06. The Hall–Kier alpha value is -3.24. The number of sulfonamides is 1. The molecule has 2 aliphatic heterocycles. The zero-order valence-electron chi connectivity index (χ0n) is 18.3. The zero-order chi connectivity index (χ0) is 23.6. The van der Waals surface area contributed by atoms with E-state index in [0.29, 0.717) is 30.9 Å². The molecule has 1 unspecified atom stereocenters. The van der Waals surface area contributed by atoms with Crippen LogP contribution in [0, 0.1) is 0 Å². The fourth-order valence-corrected chi connectivity index (χ4v) is 5.53. The van der Waals surface area contributed by atoms with Gasteiger partial charge in [-0.1, -0.05) is 30.3 Å². The minimum atomic E-state index is -3.59. The number of benzene rings is 2. The molecular formula is C23H26N4O5S. The SMILES string of the molecule is CC1(CCc2ccccc2)NC(=O)N(NC(=O)c2ccc(S(=O)(=O)N3CCCC3)cc2)C1=O. The Labute approximate surface area is 192 Å². The van der Waals surface area contributed by atoms with Gasteiger partial charge in [-0.2, -0.15) is 9.31 Å². The molecule has 1 atom stereocenters. The molecule has 4 amide bonds.